The predicted molar refractivity (Wildman–Crippen MR) is 79.3 cm³/mol. The van der Waals surface area contributed by atoms with Crippen LogP contribution in [0.25, 0.3) is 0 Å². The van der Waals surface area contributed by atoms with Crippen molar-refractivity contribution in [2.45, 2.75) is 30.7 Å². The Hall–Kier alpha value is -1.91. The molecule has 0 aliphatic carbocycles. The summed E-state index contributed by atoms with van der Waals surface area (Å²) in [6.45, 7) is -0.580. The van der Waals surface area contributed by atoms with Gasteiger partial charge in [-0.3, -0.25) is 4.79 Å². The molecule has 1 aliphatic rings. The van der Waals surface area contributed by atoms with Gasteiger partial charge in [0, 0.05) is 5.56 Å². The molecule has 1 aromatic rings. The van der Waals surface area contributed by atoms with Crippen LogP contribution in [0.15, 0.2) is 12.1 Å². The van der Waals surface area contributed by atoms with Gasteiger partial charge in [0.1, 0.15) is 30.7 Å². The summed E-state index contributed by atoms with van der Waals surface area (Å²) in [6, 6.07) is 2.80. The van der Waals surface area contributed by atoms with Crippen molar-refractivity contribution in [2.75, 3.05) is 20.8 Å². The number of rotatable bonds is 6. The van der Waals surface area contributed by atoms with Crippen molar-refractivity contribution in [1.82, 2.24) is 0 Å². The molecule has 1 aliphatic heterocycles. The average Bonchev–Trinajstić information content (AvgIpc) is 2.61. The molecule has 1 aromatic carbocycles. The van der Waals surface area contributed by atoms with Gasteiger partial charge in [0.25, 0.3) is 0 Å². The van der Waals surface area contributed by atoms with Crippen LogP contribution in [0.3, 0.4) is 0 Å². The number of ether oxygens (including phenoxy) is 4. The van der Waals surface area contributed by atoms with Crippen molar-refractivity contribution in [2.24, 2.45) is 0 Å². The maximum atomic E-state index is 11.0. The molecule has 0 spiro atoms. The van der Waals surface area contributed by atoms with Gasteiger partial charge in [-0.15, -0.1) is 0 Å². The standard InChI is InChI=1S/C15H20O9/c1-21-8-3-7(5-16)4-9(22-2)14(8)24-15-13(20)12(19)11(18)10(6-17)23-15/h3-5,10-13,15,17-20H,6H2,1-2H3/t10-,11+,12+,13-,15+/m1/s1. The van der Waals surface area contributed by atoms with Gasteiger partial charge >= 0.3 is 0 Å². The first-order valence-corrected chi connectivity index (χ1v) is 7.15. The first-order chi connectivity index (χ1) is 11.5. The van der Waals surface area contributed by atoms with Crippen LogP contribution >= 0.6 is 0 Å². The number of hydrogen-bond donors (Lipinski definition) is 4. The molecule has 134 valence electrons. The summed E-state index contributed by atoms with van der Waals surface area (Å²) in [5, 5.41) is 38.8. The lowest BCUT2D eigenvalue weighted by Gasteiger charge is -2.39. The number of carbonyl (C=O) groups is 1. The van der Waals surface area contributed by atoms with Gasteiger partial charge in [-0.25, -0.2) is 0 Å². The van der Waals surface area contributed by atoms with Crippen molar-refractivity contribution in [3.63, 3.8) is 0 Å². The minimum Gasteiger partial charge on any atom is -0.493 e. The summed E-state index contributed by atoms with van der Waals surface area (Å²) in [5.74, 6) is 0.330. The Kier molecular flexibility index (Phi) is 5.97. The largest absolute Gasteiger partial charge is 0.493 e. The number of carbonyl (C=O) groups excluding carboxylic acids is 1. The van der Waals surface area contributed by atoms with E-state index in [4.69, 9.17) is 18.9 Å². The van der Waals surface area contributed by atoms with E-state index in [0.717, 1.165) is 0 Å². The van der Waals surface area contributed by atoms with Crippen molar-refractivity contribution in [3.05, 3.63) is 17.7 Å². The molecule has 1 heterocycles. The highest BCUT2D eigenvalue weighted by Crippen LogP contribution is 2.40. The second kappa shape index (κ2) is 7.77. The Bertz CT molecular complexity index is 549. The molecule has 9 nitrogen and oxygen atoms in total. The Morgan fingerprint density at radius 1 is 1.08 bits per heavy atom. The van der Waals surface area contributed by atoms with E-state index in [1.807, 2.05) is 0 Å². The van der Waals surface area contributed by atoms with Crippen LogP contribution in [0, 0.1) is 0 Å². The summed E-state index contributed by atoms with van der Waals surface area (Å²) in [5.41, 5.74) is 0.282. The van der Waals surface area contributed by atoms with Gasteiger partial charge in [-0.1, -0.05) is 0 Å². The minimum absolute atomic E-state index is 0.0370. The SMILES string of the molecule is COc1cc(C=O)cc(OC)c1O[C@@H]1O[C@H](CO)[C@H](O)[C@H](O)[C@H]1O. The normalized spacial score (nSPS) is 29.8. The first kappa shape index (κ1) is 18.4. The number of benzene rings is 1. The van der Waals surface area contributed by atoms with E-state index in [1.54, 1.807) is 0 Å². The molecule has 4 N–H and O–H groups in total. The Morgan fingerprint density at radius 2 is 1.67 bits per heavy atom. The van der Waals surface area contributed by atoms with E-state index in [1.165, 1.54) is 26.4 Å². The van der Waals surface area contributed by atoms with E-state index >= 15 is 0 Å². The van der Waals surface area contributed by atoms with Crippen LogP contribution in [0.4, 0.5) is 0 Å². The molecule has 2 rings (SSSR count). The van der Waals surface area contributed by atoms with E-state index in [-0.39, 0.29) is 22.8 Å². The van der Waals surface area contributed by atoms with Crippen LogP contribution < -0.4 is 14.2 Å². The number of aliphatic hydroxyl groups excluding tert-OH is 4. The van der Waals surface area contributed by atoms with Crippen LogP contribution in [-0.2, 0) is 4.74 Å². The smallest absolute Gasteiger partial charge is 0.229 e. The zero-order valence-corrected chi connectivity index (χ0v) is 13.2. The Balaban J connectivity index is 2.34. The third-order valence-electron chi connectivity index (χ3n) is 3.70. The van der Waals surface area contributed by atoms with Crippen LogP contribution in [0.5, 0.6) is 17.2 Å². The monoisotopic (exact) mass is 344 g/mol. The highest BCUT2D eigenvalue weighted by Gasteiger charge is 2.45. The maximum absolute atomic E-state index is 11.0. The van der Waals surface area contributed by atoms with Crippen molar-refractivity contribution < 1.29 is 44.2 Å². The fourth-order valence-corrected chi connectivity index (χ4v) is 2.37. The molecule has 0 bridgehead atoms. The van der Waals surface area contributed by atoms with E-state index in [2.05, 4.69) is 0 Å². The van der Waals surface area contributed by atoms with Crippen molar-refractivity contribution in [3.8, 4) is 17.2 Å². The summed E-state index contributed by atoms with van der Waals surface area (Å²) < 4.78 is 21.1. The van der Waals surface area contributed by atoms with Gasteiger partial charge in [0.15, 0.2) is 11.5 Å². The van der Waals surface area contributed by atoms with Crippen molar-refractivity contribution >= 4 is 6.29 Å². The predicted octanol–water partition coefficient (Wildman–Crippen LogP) is -1.31. The lowest BCUT2D eigenvalue weighted by molar-refractivity contribution is -0.277. The van der Waals surface area contributed by atoms with Crippen molar-refractivity contribution in [1.29, 1.82) is 0 Å². The molecule has 9 heteroatoms. The number of methoxy groups -OCH3 is 2. The molecule has 1 fully saturated rings. The quantitative estimate of drug-likeness (QED) is 0.464. The summed E-state index contributed by atoms with van der Waals surface area (Å²) >= 11 is 0. The lowest BCUT2D eigenvalue weighted by Crippen LogP contribution is -2.60. The Labute approximate surface area is 138 Å². The molecule has 0 radical (unpaired) electrons. The molecular formula is C15H20O9. The third kappa shape index (κ3) is 3.45. The summed E-state index contributed by atoms with van der Waals surface area (Å²) in [7, 11) is 2.70. The highest BCUT2D eigenvalue weighted by molar-refractivity contribution is 5.78. The molecule has 0 aromatic heterocycles. The molecule has 0 amide bonds. The number of hydrogen-bond acceptors (Lipinski definition) is 9. The lowest BCUT2D eigenvalue weighted by atomic mass is 9.99. The molecular weight excluding hydrogens is 324 g/mol. The van der Waals surface area contributed by atoms with E-state index in [0.29, 0.717) is 6.29 Å². The molecule has 1 saturated heterocycles. The third-order valence-corrected chi connectivity index (χ3v) is 3.70. The fraction of sp³-hybridized carbons (Fsp3) is 0.533. The van der Waals surface area contributed by atoms with Gasteiger partial charge in [0.05, 0.1) is 20.8 Å². The topological polar surface area (TPSA) is 135 Å². The molecule has 0 unspecified atom stereocenters. The molecule has 5 atom stereocenters. The van der Waals surface area contributed by atoms with Gasteiger partial charge < -0.3 is 39.4 Å². The number of aldehydes is 1. The van der Waals surface area contributed by atoms with Crippen LogP contribution in [0.1, 0.15) is 10.4 Å². The fourth-order valence-electron chi connectivity index (χ4n) is 2.37. The van der Waals surface area contributed by atoms with Gasteiger partial charge in [-0.05, 0) is 12.1 Å². The van der Waals surface area contributed by atoms with Crippen LogP contribution in [0.2, 0.25) is 0 Å². The van der Waals surface area contributed by atoms with E-state index < -0.39 is 37.3 Å². The second-order valence-corrected chi connectivity index (χ2v) is 5.19. The van der Waals surface area contributed by atoms with Gasteiger partial charge in [0.2, 0.25) is 12.0 Å². The minimum atomic E-state index is -1.58. The summed E-state index contributed by atoms with van der Waals surface area (Å²) in [6.07, 6.45) is -6.56. The maximum Gasteiger partial charge on any atom is 0.229 e. The second-order valence-electron chi connectivity index (χ2n) is 5.19. The molecule has 24 heavy (non-hydrogen) atoms. The zero-order valence-electron chi connectivity index (χ0n) is 13.2. The number of aliphatic hydroxyl groups is 4. The molecule has 0 saturated carbocycles. The van der Waals surface area contributed by atoms with E-state index in [9.17, 15) is 25.2 Å². The average molecular weight is 344 g/mol. The first-order valence-electron chi connectivity index (χ1n) is 7.15. The van der Waals surface area contributed by atoms with Crippen LogP contribution in [-0.4, -0.2) is 78.2 Å². The summed E-state index contributed by atoms with van der Waals surface area (Å²) in [4.78, 5) is 11.0. The Morgan fingerprint density at radius 3 is 2.12 bits per heavy atom. The highest BCUT2D eigenvalue weighted by atomic mass is 16.7. The zero-order chi connectivity index (χ0) is 17.9. The van der Waals surface area contributed by atoms with Gasteiger partial charge in [-0.2, -0.15) is 0 Å².